The first-order valence-corrected chi connectivity index (χ1v) is 8.22. The summed E-state index contributed by atoms with van der Waals surface area (Å²) in [6.45, 7) is 3.23. The summed E-state index contributed by atoms with van der Waals surface area (Å²) in [5, 5.41) is 0. The molecule has 3 rings (SSSR count). The highest BCUT2D eigenvalue weighted by atomic mass is 16.6. The van der Waals surface area contributed by atoms with Crippen LogP contribution in [-0.4, -0.2) is 31.2 Å². The van der Waals surface area contributed by atoms with Crippen molar-refractivity contribution >= 4 is 6.09 Å². The molecule has 0 aromatic rings. The molecule has 0 aromatic heterocycles. The number of rotatable bonds is 4. The smallest absolute Gasteiger partial charge is 0.409 e. The van der Waals surface area contributed by atoms with E-state index in [1.54, 1.807) is 11.9 Å². The van der Waals surface area contributed by atoms with Crippen LogP contribution in [0, 0.1) is 17.8 Å². The lowest BCUT2D eigenvalue weighted by molar-refractivity contribution is 0.104. The summed E-state index contributed by atoms with van der Waals surface area (Å²) < 4.78 is 5.57. The van der Waals surface area contributed by atoms with Gasteiger partial charge < -0.3 is 9.64 Å². The minimum Gasteiger partial charge on any atom is -0.448 e. The Labute approximate surface area is 132 Å². The number of hydrogen-bond donors (Lipinski definition) is 0. The maximum absolute atomic E-state index is 12.0. The van der Waals surface area contributed by atoms with Gasteiger partial charge in [-0.05, 0) is 42.4 Å². The van der Waals surface area contributed by atoms with E-state index >= 15 is 0 Å². The van der Waals surface area contributed by atoms with Crippen molar-refractivity contribution in [2.24, 2.45) is 5.92 Å². The number of fused-ring (bicyclic) bond motifs is 1. The van der Waals surface area contributed by atoms with Gasteiger partial charge in [0.1, 0.15) is 6.61 Å². The number of ether oxygens (including phenoxy) is 1. The molecule has 0 fully saturated rings. The number of carbonyl (C=O) groups excluding carboxylic acids is 1. The summed E-state index contributed by atoms with van der Waals surface area (Å²) in [5.74, 6) is 6.77. The first-order valence-electron chi connectivity index (χ1n) is 8.22. The normalized spacial score (nSPS) is 22.0. The molecule has 0 aliphatic heterocycles. The van der Waals surface area contributed by atoms with E-state index in [9.17, 15) is 4.79 Å². The molecule has 0 saturated carbocycles. The van der Waals surface area contributed by atoms with Gasteiger partial charge in [0.05, 0.1) is 0 Å². The molecule has 1 atom stereocenters. The fourth-order valence-corrected chi connectivity index (χ4v) is 3.52. The summed E-state index contributed by atoms with van der Waals surface area (Å²) in [4.78, 5) is 13.7. The average molecular weight is 297 g/mol. The molecule has 3 nitrogen and oxygen atoms in total. The van der Waals surface area contributed by atoms with Crippen LogP contribution in [0.15, 0.2) is 34.4 Å². The molecule has 0 saturated heterocycles. The van der Waals surface area contributed by atoms with E-state index in [0.717, 1.165) is 38.6 Å². The molecule has 0 heterocycles. The summed E-state index contributed by atoms with van der Waals surface area (Å²) in [7, 11) is 1.79. The van der Waals surface area contributed by atoms with Crippen LogP contribution in [0.4, 0.5) is 4.79 Å². The first-order chi connectivity index (χ1) is 10.7. The standard InChI is InChI=1S/C19H23NO2/c1-3-12-20(2)19(21)22-13-18-16-10-6-4-8-14(16)15-9-5-7-11-17(15)18/h6,10,18H,3-4,7-8,11-13H2,1-2H3. The van der Waals surface area contributed by atoms with Gasteiger partial charge in [0, 0.05) is 31.5 Å². The van der Waals surface area contributed by atoms with Gasteiger partial charge in [-0.25, -0.2) is 4.79 Å². The number of nitrogens with zero attached hydrogens (tertiary/aromatic N) is 1. The lowest BCUT2D eigenvalue weighted by atomic mass is 9.90. The molecule has 1 unspecified atom stereocenters. The van der Waals surface area contributed by atoms with Crippen LogP contribution >= 0.6 is 0 Å². The molecule has 22 heavy (non-hydrogen) atoms. The summed E-state index contributed by atoms with van der Waals surface area (Å²) >= 11 is 0. The molecule has 0 N–H and O–H groups in total. The Morgan fingerprint density at radius 2 is 2.32 bits per heavy atom. The minimum atomic E-state index is -0.222. The molecule has 3 heteroatoms. The van der Waals surface area contributed by atoms with Gasteiger partial charge in [-0.1, -0.05) is 30.9 Å². The predicted molar refractivity (Wildman–Crippen MR) is 87.2 cm³/mol. The van der Waals surface area contributed by atoms with Crippen LogP contribution in [0.1, 0.15) is 39.0 Å². The molecule has 0 aromatic carbocycles. The van der Waals surface area contributed by atoms with E-state index in [4.69, 9.17) is 4.74 Å². The molecule has 0 spiro atoms. The van der Waals surface area contributed by atoms with Crippen molar-refractivity contribution in [3.63, 3.8) is 0 Å². The Morgan fingerprint density at radius 3 is 3.14 bits per heavy atom. The topological polar surface area (TPSA) is 29.5 Å². The summed E-state index contributed by atoms with van der Waals surface area (Å²) in [6, 6.07) is 0. The van der Waals surface area contributed by atoms with Crippen LogP contribution < -0.4 is 0 Å². The Bertz CT molecular complexity index is 628. The van der Waals surface area contributed by atoms with Crippen molar-refractivity contribution in [3.05, 3.63) is 34.4 Å². The van der Waals surface area contributed by atoms with Crippen LogP contribution in [0.5, 0.6) is 0 Å². The highest BCUT2D eigenvalue weighted by Crippen LogP contribution is 2.44. The highest BCUT2D eigenvalue weighted by molar-refractivity contribution is 5.68. The highest BCUT2D eigenvalue weighted by Gasteiger charge is 2.34. The third-order valence-electron chi connectivity index (χ3n) is 4.60. The minimum absolute atomic E-state index is 0.218. The van der Waals surface area contributed by atoms with Crippen molar-refractivity contribution in [1.82, 2.24) is 4.90 Å². The number of allylic oxidation sites excluding steroid dienone is 4. The first kappa shape index (κ1) is 15.0. The van der Waals surface area contributed by atoms with Crippen molar-refractivity contribution in [1.29, 1.82) is 0 Å². The Hall–Kier alpha value is -1.95. The second kappa shape index (κ2) is 6.44. The van der Waals surface area contributed by atoms with Gasteiger partial charge in [0.15, 0.2) is 0 Å². The van der Waals surface area contributed by atoms with Gasteiger partial charge in [0.2, 0.25) is 0 Å². The van der Waals surface area contributed by atoms with Gasteiger partial charge in [-0.3, -0.25) is 0 Å². The Morgan fingerprint density at radius 1 is 1.45 bits per heavy atom. The van der Waals surface area contributed by atoms with Crippen molar-refractivity contribution < 1.29 is 9.53 Å². The second-order valence-electron chi connectivity index (χ2n) is 6.13. The molecule has 0 bridgehead atoms. The molecule has 3 aliphatic carbocycles. The molecule has 1 amide bonds. The van der Waals surface area contributed by atoms with Crippen LogP contribution in [0.3, 0.4) is 0 Å². The van der Waals surface area contributed by atoms with Crippen molar-refractivity contribution in [2.75, 3.05) is 20.2 Å². The lowest BCUT2D eigenvalue weighted by Crippen LogP contribution is -2.30. The van der Waals surface area contributed by atoms with Gasteiger partial charge in [-0.15, -0.1) is 0 Å². The number of hydrogen-bond acceptors (Lipinski definition) is 2. The fourth-order valence-electron chi connectivity index (χ4n) is 3.52. The maximum Gasteiger partial charge on any atom is 0.409 e. The van der Waals surface area contributed by atoms with E-state index in [0.29, 0.717) is 6.61 Å². The number of amides is 1. The van der Waals surface area contributed by atoms with E-state index in [2.05, 4.69) is 30.9 Å². The number of carbonyl (C=O) groups is 1. The molecule has 3 aliphatic rings. The second-order valence-corrected chi connectivity index (χ2v) is 6.13. The van der Waals surface area contributed by atoms with Gasteiger partial charge in [-0.2, -0.15) is 0 Å². The van der Waals surface area contributed by atoms with E-state index in [1.165, 1.54) is 22.3 Å². The quantitative estimate of drug-likeness (QED) is 0.738. The van der Waals surface area contributed by atoms with E-state index in [-0.39, 0.29) is 12.0 Å². The van der Waals surface area contributed by atoms with E-state index < -0.39 is 0 Å². The zero-order valence-electron chi connectivity index (χ0n) is 13.4. The predicted octanol–water partition coefficient (Wildman–Crippen LogP) is 3.84. The van der Waals surface area contributed by atoms with Gasteiger partial charge >= 0.3 is 6.09 Å². The van der Waals surface area contributed by atoms with Crippen molar-refractivity contribution in [2.45, 2.75) is 39.0 Å². The largest absolute Gasteiger partial charge is 0.448 e. The average Bonchev–Trinajstić information content (AvgIpc) is 2.87. The van der Waals surface area contributed by atoms with Gasteiger partial charge in [0.25, 0.3) is 0 Å². The fraction of sp³-hybridized carbons (Fsp3) is 0.526. The SMILES string of the molecule is CCCN(C)C(=O)OCC1C2=C(CCC=C2)C2=C1CCC#C2. The Balaban J connectivity index is 1.74. The molecule has 116 valence electrons. The third-order valence-corrected chi connectivity index (χ3v) is 4.60. The third kappa shape index (κ3) is 2.70. The molecular formula is C19H23NO2. The maximum atomic E-state index is 12.0. The van der Waals surface area contributed by atoms with E-state index in [1.807, 2.05) is 0 Å². The molecular weight excluding hydrogens is 274 g/mol. The lowest BCUT2D eigenvalue weighted by Gasteiger charge is -2.21. The van der Waals surface area contributed by atoms with Crippen molar-refractivity contribution in [3.8, 4) is 11.8 Å². The summed E-state index contributed by atoms with van der Waals surface area (Å²) in [6.07, 6.45) is 9.25. The zero-order valence-corrected chi connectivity index (χ0v) is 13.4. The van der Waals surface area contributed by atoms with Crippen LogP contribution in [0.2, 0.25) is 0 Å². The molecule has 0 radical (unpaired) electrons. The zero-order chi connectivity index (χ0) is 15.5. The van der Waals surface area contributed by atoms with Crippen LogP contribution in [-0.2, 0) is 4.74 Å². The van der Waals surface area contributed by atoms with Crippen LogP contribution in [0.25, 0.3) is 0 Å². The Kier molecular flexibility index (Phi) is 4.38. The summed E-state index contributed by atoms with van der Waals surface area (Å²) in [5.41, 5.74) is 5.36. The monoisotopic (exact) mass is 297 g/mol.